The van der Waals surface area contributed by atoms with Crippen molar-refractivity contribution >= 4 is 29.0 Å². The minimum atomic E-state index is -2.73. The van der Waals surface area contributed by atoms with Crippen molar-refractivity contribution in [1.82, 2.24) is 25.7 Å². The van der Waals surface area contributed by atoms with Crippen LogP contribution in [0.2, 0.25) is 0 Å². The van der Waals surface area contributed by atoms with Crippen molar-refractivity contribution in [2.75, 3.05) is 24.7 Å². The number of carbonyl (C=O) groups is 2. The number of para-hydroxylation sites is 1. The highest BCUT2D eigenvalue weighted by Crippen LogP contribution is 2.38. The minimum Gasteiger partial charge on any atom is -0.494 e. The summed E-state index contributed by atoms with van der Waals surface area (Å²) in [7, 11) is 1.45. The van der Waals surface area contributed by atoms with Crippen molar-refractivity contribution in [3.63, 3.8) is 0 Å². The summed E-state index contributed by atoms with van der Waals surface area (Å²) in [6.45, 7) is -1.06. The highest BCUT2D eigenvalue weighted by atomic mass is 16.5. The molecule has 2 heterocycles. The molecule has 0 bridgehead atoms. The van der Waals surface area contributed by atoms with Crippen molar-refractivity contribution in [2.45, 2.75) is 19.8 Å². The maximum atomic E-state index is 12.6. The molecule has 0 aliphatic heterocycles. The second kappa shape index (κ2) is 8.38. The van der Waals surface area contributed by atoms with E-state index in [2.05, 4.69) is 31.0 Å². The summed E-state index contributed by atoms with van der Waals surface area (Å²) < 4.78 is 32.7. The van der Waals surface area contributed by atoms with Gasteiger partial charge in [-0.1, -0.05) is 11.2 Å². The summed E-state index contributed by atoms with van der Waals surface area (Å²) in [5, 5.41) is 19.1. The molecule has 11 nitrogen and oxygen atoms in total. The number of methoxy groups -OCH3 is 1. The summed E-state index contributed by atoms with van der Waals surface area (Å²) >= 11 is 0. The van der Waals surface area contributed by atoms with Gasteiger partial charge in [-0.2, -0.15) is 4.98 Å². The predicted molar refractivity (Wildman–Crippen MR) is 111 cm³/mol. The Morgan fingerprint density at radius 3 is 2.77 bits per heavy atom. The molecule has 3 aromatic rings. The molecule has 160 valence electrons. The van der Waals surface area contributed by atoms with Gasteiger partial charge in [0.2, 0.25) is 5.91 Å². The summed E-state index contributed by atoms with van der Waals surface area (Å²) in [5.41, 5.74) is 0.693. The molecule has 1 saturated carbocycles. The zero-order chi connectivity index (χ0) is 24.5. The van der Waals surface area contributed by atoms with E-state index in [0.717, 1.165) is 12.8 Å². The highest BCUT2D eigenvalue weighted by Gasteiger charge is 2.30. The van der Waals surface area contributed by atoms with E-state index in [0.29, 0.717) is 22.8 Å². The molecule has 1 aliphatic carbocycles. The number of rotatable bonds is 7. The van der Waals surface area contributed by atoms with Crippen LogP contribution in [0, 0.1) is 12.8 Å². The van der Waals surface area contributed by atoms with Crippen LogP contribution < -0.4 is 20.7 Å². The number of carbonyl (C=O) groups excluding carboxylic acids is 2. The lowest BCUT2D eigenvalue weighted by atomic mass is 10.1. The minimum absolute atomic E-state index is 0.0774. The quantitative estimate of drug-likeness (QED) is 0.518. The van der Waals surface area contributed by atoms with Crippen molar-refractivity contribution in [3.05, 3.63) is 35.8 Å². The molecule has 1 fully saturated rings. The smallest absolute Gasteiger partial charge is 0.273 e. The van der Waals surface area contributed by atoms with Gasteiger partial charge >= 0.3 is 0 Å². The van der Waals surface area contributed by atoms with Gasteiger partial charge in [0, 0.05) is 23.1 Å². The molecule has 0 unspecified atom stereocenters. The zero-order valence-corrected chi connectivity index (χ0v) is 16.7. The SMILES string of the molecule is [2H]C([2H])([2H])NC(=O)c1nnc(NC(=O)C2CC2)cc1Nc1cccc(-c2nc(C)no2)c1OC. The average molecular weight is 426 g/mol. The Balaban J connectivity index is 1.72. The normalized spacial score (nSPS) is 14.7. The fourth-order valence-electron chi connectivity index (χ4n) is 2.92. The van der Waals surface area contributed by atoms with Crippen molar-refractivity contribution < 1.29 is 23.0 Å². The van der Waals surface area contributed by atoms with Gasteiger partial charge in [0.1, 0.15) is 0 Å². The maximum absolute atomic E-state index is 12.6. The molecule has 0 atom stereocenters. The Morgan fingerprint density at radius 2 is 2.10 bits per heavy atom. The standard InChI is InChI=1S/C20H21N7O4/c1-10-22-20(31-27-10)12-5-4-6-13(17(12)30-3)23-14-9-15(24-18(28)11-7-8-11)25-26-16(14)19(29)21-2/h4-6,9,11H,7-8H2,1-3H3,(H,21,29)(H2,23,24,25,28)/i2D3. The summed E-state index contributed by atoms with van der Waals surface area (Å²) in [6.07, 6.45) is 1.59. The van der Waals surface area contributed by atoms with E-state index in [-0.39, 0.29) is 34.9 Å². The van der Waals surface area contributed by atoms with E-state index in [4.69, 9.17) is 13.4 Å². The van der Waals surface area contributed by atoms with E-state index in [1.165, 1.54) is 13.2 Å². The molecule has 0 radical (unpaired) electrons. The molecule has 2 amide bonds. The van der Waals surface area contributed by atoms with Crippen LogP contribution in [0.1, 0.15) is 33.3 Å². The molecule has 1 aliphatic rings. The lowest BCUT2D eigenvalue weighted by molar-refractivity contribution is -0.117. The summed E-state index contributed by atoms with van der Waals surface area (Å²) in [6, 6.07) is 6.47. The van der Waals surface area contributed by atoms with E-state index >= 15 is 0 Å². The van der Waals surface area contributed by atoms with Gasteiger partial charge in [0.25, 0.3) is 11.8 Å². The zero-order valence-electron chi connectivity index (χ0n) is 19.7. The largest absolute Gasteiger partial charge is 0.494 e. The highest BCUT2D eigenvalue weighted by molar-refractivity contribution is 6.00. The van der Waals surface area contributed by atoms with Crippen LogP contribution in [-0.4, -0.2) is 46.2 Å². The van der Waals surface area contributed by atoms with Crippen molar-refractivity contribution in [2.24, 2.45) is 5.92 Å². The third-order valence-electron chi connectivity index (χ3n) is 4.57. The average Bonchev–Trinajstić information content (AvgIpc) is 3.53. The monoisotopic (exact) mass is 426 g/mol. The molecular weight excluding hydrogens is 402 g/mol. The molecule has 2 aromatic heterocycles. The molecular formula is C20H21N7O4. The van der Waals surface area contributed by atoms with Crippen LogP contribution in [0.25, 0.3) is 11.5 Å². The molecule has 0 saturated heterocycles. The third-order valence-corrected chi connectivity index (χ3v) is 4.57. The van der Waals surface area contributed by atoms with Crippen LogP contribution >= 0.6 is 0 Å². The fourth-order valence-corrected chi connectivity index (χ4v) is 2.92. The molecule has 4 rings (SSSR count). The fraction of sp³-hybridized carbons (Fsp3) is 0.300. The number of hydrogen-bond acceptors (Lipinski definition) is 9. The first-order chi connectivity index (χ1) is 16.1. The van der Waals surface area contributed by atoms with Gasteiger partial charge in [-0.15, -0.1) is 10.2 Å². The number of benzene rings is 1. The van der Waals surface area contributed by atoms with Gasteiger partial charge in [0.15, 0.2) is 23.1 Å². The molecule has 1 aromatic carbocycles. The lowest BCUT2D eigenvalue weighted by Crippen LogP contribution is -2.22. The third kappa shape index (κ3) is 4.29. The van der Waals surface area contributed by atoms with E-state index in [9.17, 15) is 9.59 Å². The van der Waals surface area contributed by atoms with E-state index < -0.39 is 12.9 Å². The van der Waals surface area contributed by atoms with E-state index in [1.54, 1.807) is 25.1 Å². The van der Waals surface area contributed by atoms with Gasteiger partial charge in [-0.3, -0.25) is 9.59 Å². The predicted octanol–water partition coefficient (Wildman–Crippen LogP) is 2.30. The maximum Gasteiger partial charge on any atom is 0.273 e. The Bertz CT molecular complexity index is 1240. The molecule has 0 spiro atoms. The number of aryl methyl sites for hydroxylation is 1. The second-order valence-corrected chi connectivity index (χ2v) is 6.87. The van der Waals surface area contributed by atoms with Crippen LogP contribution in [0.3, 0.4) is 0 Å². The van der Waals surface area contributed by atoms with Crippen LogP contribution in [0.5, 0.6) is 5.75 Å². The van der Waals surface area contributed by atoms with Crippen LogP contribution in [0.15, 0.2) is 28.8 Å². The van der Waals surface area contributed by atoms with Gasteiger partial charge in [-0.05, 0) is 31.9 Å². The number of aromatic nitrogens is 4. The van der Waals surface area contributed by atoms with Crippen LogP contribution in [-0.2, 0) is 4.79 Å². The summed E-state index contributed by atoms with van der Waals surface area (Å²) in [5.74, 6) is -0.159. The summed E-state index contributed by atoms with van der Waals surface area (Å²) in [4.78, 5) is 29.0. The Hall–Kier alpha value is -4.02. The molecule has 31 heavy (non-hydrogen) atoms. The number of nitrogens with one attached hydrogen (secondary N) is 3. The molecule has 11 heteroatoms. The first-order valence-corrected chi connectivity index (χ1v) is 9.40. The lowest BCUT2D eigenvalue weighted by Gasteiger charge is -2.15. The number of ether oxygens (including phenoxy) is 1. The van der Waals surface area contributed by atoms with E-state index in [1.807, 2.05) is 5.32 Å². The first-order valence-electron chi connectivity index (χ1n) is 10.9. The van der Waals surface area contributed by atoms with Crippen molar-refractivity contribution in [3.8, 4) is 17.2 Å². The van der Waals surface area contributed by atoms with Crippen molar-refractivity contribution in [1.29, 1.82) is 0 Å². The number of anilines is 3. The first kappa shape index (κ1) is 16.7. The van der Waals surface area contributed by atoms with Gasteiger partial charge < -0.3 is 25.2 Å². The topological polar surface area (TPSA) is 144 Å². The van der Waals surface area contributed by atoms with Gasteiger partial charge in [0.05, 0.1) is 24.0 Å². The van der Waals surface area contributed by atoms with Crippen LogP contribution in [0.4, 0.5) is 17.2 Å². The Labute approximate surface area is 181 Å². The second-order valence-electron chi connectivity index (χ2n) is 6.87. The molecule has 3 N–H and O–H groups in total. The number of hydrogen-bond donors (Lipinski definition) is 3. The van der Waals surface area contributed by atoms with Gasteiger partial charge in [-0.25, -0.2) is 0 Å². The number of amides is 2. The Morgan fingerprint density at radius 1 is 1.26 bits per heavy atom. The number of nitrogens with zero attached hydrogens (tertiary/aromatic N) is 4. The Kier molecular flexibility index (Phi) is 4.53.